The van der Waals surface area contributed by atoms with Gasteiger partial charge in [-0.15, -0.1) is 0 Å². The van der Waals surface area contributed by atoms with Crippen molar-refractivity contribution >= 4 is 37.5 Å². The maximum absolute atomic E-state index is 13.1. The Balaban J connectivity index is 1.88. The molecule has 0 radical (unpaired) electrons. The predicted molar refractivity (Wildman–Crippen MR) is 123 cm³/mol. The first-order valence-electron chi connectivity index (χ1n) is 9.45. The zero-order valence-electron chi connectivity index (χ0n) is 16.7. The lowest BCUT2D eigenvalue weighted by atomic mass is 10.0. The molecule has 0 aromatic heterocycles. The van der Waals surface area contributed by atoms with E-state index in [0.717, 1.165) is 21.2 Å². The minimum absolute atomic E-state index is 0.100. The van der Waals surface area contributed by atoms with Crippen LogP contribution >= 0.6 is 15.9 Å². The first kappa shape index (κ1) is 22.2. The first-order valence-corrected chi connectivity index (χ1v) is 11.7. The topological polar surface area (TPSA) is 75.3 Å². The molecule has 0 aliphatic heterocycles. The van der Waals surface area contributed by atoms with Crippen LogP contribution < -0.4 is 10.0 Å². The van der Waals surface area contributed by atoms with Gasteiger partial charge in [-0.25, -0.2) is 8.42 Å². The van der Waals surface area contributed by atoms with Gasteiger partial charge in [0, 0.05) is 10.2 Å². The summed E-state index contributed by atoms with van der Waals surface area (Å²) in [4.78, 5) is 13.2. The molecule has 1 atom stereocenters. The van der Waals surface area contributed by atoms with Gasteiger partial charge >= 0.3 is 0 Å². The molecular weight excluding hydrogens is 464 g/mol. The molecule has 2 N–H and O–H groups in total. The van der Waals surface area contributed by atoms with Crippen molar-refractivity contribution in [3.05, 3.63) is 94.0 Å². The van der Waals surface area contributed by atoms with E-state index in [2.05, 4.69) is 26.0 Å². The maximum atomic E-state index is 13.1. The van der Waals surface area contributed by atoms with Crippen molar-refractivity contribution < 1.29 is 13.2 Å². The normalized spacial score (nSPS) is 12.4. The molecule has 5 nitrogen and oxygen atoms in total. The quantitative estimate of drug-likeness (QED) is 0.512. The third-order valence-corrected chi connectivity index (χ3v) is 6.90. The third-order valence-electron chi connectivity index (χ3n) is 4.88. The predicted octanol–water partition coefficient (Wildman–Crippen LogP) is 4.59. The summed E-state index contributed by atoms with van der Waals surface area (Å²) in [5.41, 5.74) is 3.51. The van der Waals surface area contributed by atoms with E-state index in [0.29, 0.717) is 5.69 Å². The number of hydrogen-bond donors (Lipinski definition) is 2. The van der Waals surface area contributed by atoms with Crippen LogP contribution in [0.5, 0.6) is 0 Å². The molecule has 0 aliphatic rings. The molecule has 0 aliphatic carbocycles. The number of rotatable bonds is 7. The van der Waals surface area contributed by atoms with Crippen molar-refractivity contribution in [3.8, 4) is 0 Å². The molecule has 7 heteroatoms. The van der Waals surface area contributed by atoms with Crippen LogP contribution in [-0.2, 0) is 21.2 Å². The molecule has 30 heavy (non-hydrogen) atoms. The third kappa shape index (κ3) is 5.56. The van der Waals surface area contributed by atoms with Crippen LogP contribution in [0.15, 0.2) is 82.2 Å². The van der Waals surface area contributed by atoms with Crippen LogP contribution in [0.25, 0.3) is 0 Å². The van der Waals surface area contributed by atoms with E-state index in [1.807, 2.05) is 62.4 Å². The van der Waals surface area contributed by atoms with E-state index in [4.69, 9.17) is 0 Å². The van der Waals surface area contributed by atoms with Gasteiger partial charge in [-0.1, -0.05) is 58.4 Å². The van der Waals surface area contributed by atoms with E-state index >= 15 is 0 Å². The van der Waals surface area contributed by atoms with E-state index in [9.17, 15) is 13.2 Å². The number of benzene rings is 3. The molecule has 0 spiro atoms. The Morgan fingerprint density at radius 1 is 0.933 bits per heavy atom. The highest BCUT2D eigenvalue weighted by molar-refractivity contribution is 9.10. The highest BCUT2D eigenvalue weighted by atomic mass is 79.9. The highest BCUT2D eigenvalue weighted by Crippen LogP contribution is 2.20. The lowest BCUT2D eigenvalue weighted by Gasteiger charge is -2.20. The fourth-order valence-corrected chi connectivity index (χ4v) is 4.47. The molecule has 0 heterocycles. The number of nitrogens with one attached hydrogen (secondary N) is 2. The number of anilines is 1. The van der Waals surface area contributed by atoms with E-state index in [1.54, 1.807) is 12.1 Å². The summed E-state index contributed by atoms with van der Waals surface area (Å²) in [6.07, 6.45) is 0.229. The number of aryl methyl sites for hydroxylation is 1. The smallest absolute Gasteiger partial charge is 0.242 e. The van der Waals surface area contributed by atoms with Gasteiger partial charge in [-0.3, -0.25) is 4.79 Å². The molecule has 0 fully saturated rings. The summed E-state index contributed by atoms with van der Waals surface area (Å²) in [6.45, 7) is 3.88. The van der Waals surface area contributed by atoms with Crippen LogP contribution in [0.4, 0.5) is 5.69 Å². The molecule has 3 aromatic carbocycles. The lowest BCUT2D eigenvalue weighted by Crippen LogP contribution is -2.45. The Kier molecular flexibility index (Phi) is 7.07. The van der Waals surface area contributed by atoms with E-state index in [-0.39, 0.29) is 11.3 Å². The second kappa shape index (κ2) is 9.55. The van der Waals surface area contributed by atoms with Crippen LogP contribution in [-0.4, -0.2) is 20.4 Å². The van der Waals surface area contributed by atoms with Crippen molar-refractivity contribution in [2.75, 3.05) is 5.32 Å². The molecule has 3 rings (SSSR count). The van der Waals surface area contributed by atoms with Crippen LogP contribution in [0.2, 0.25) is 0 Å². The zero-order valence-corrected chi connectivity index (χ0v) is 19.1. The van der Waals surface area contributed by atoms with Crippen LogP contribution in [0.3, 0.4) is 0 Å². The summed E-state index contributed by atoms with van der Waals surface area (Å²) in [6, 6.07) is 20.3. The van der Waals surface area contributed by atoms with Gasteiger partial charge in [0.15, 0.2) is 0 Å². The molecule has 0 saturated heterocycles. The highest BCUT2D eigenvalue weighted by Gasteiger charge is 2.26. The van der Waals surface area contributed by atoms with Crippen molar-refractivity contribution in [1.29, 1.82) is 0 Å². The summed E-state index contributed by atoms with van der Waals surface area (Å²) in [5.74, 6) is -0.409. The Bertz CT molecular complexity index is 1130. The van der Waals surface area contributed by atoms with Gasteiger partial charge in [0.2, 0.25) is 15.9 Å². The van der Waals surface area contributed by atoms with Crippen molar-refractivity contribution in [2.45, 2.75) is 31.2 Å². The average Bonchev–Trinajstić information content (AvgIpc) is 2.72. The summed E-state index contributed by atoms with van der Waals surface area (Å²) in [5, 5.41) is 2.88. The van der Waals surface area contributed by atoms with Gasteiger partial charge in [-0.2, -0.15) is 4.72 Å². The number of amides is 1. The van der Waals surface area contributed by atoms with E-state index in [1.165, 1.54) is 12.1 Å². The van der Waals surface area contributed by atoms with Gasteiger partial charge in [-0.05, 0) is 67.3 Å². The molecule has 3 aromatic rings. The van der Waals surface area contributed by atoms with E-state index < -0.39 is 22.0 Å². The van der Waals surface area contributed by atoms with Crippen molar-refractivity contribution in [2.24, 2.45) is 0 Å². The molecule has 0 bridgehead atoms. The molecule has 156 valence electrons. The van der Waals surface area contributed by atoms with Crippen molar-refractivity contribution in [1.82, 2.24) is 4.72 Å². The second-order valence-electron chi connectivity index (χ2n) is 7.05. The maximum Gasteiger partial charge on any atom is 0.242 e. The standard InChI is InChI=1S/C23H23BrN2O3S/c1-16-7-6-10-21(17(16)2)25-23(27)22(15-18-8-4-3-5-9-18)26-30(28,29)20-13-11-19(24)12-14-20/h3-14,22,26H,15H2,1-2H3,(H,25,27)/t22-/m1/s1. The Morgan fingerprint density at radius 3 is 2.27 bits per heavy atom. The Hall–Kier alpha value is -2.48. The van der Waals surface area contributed by atoms with Gasteiger partial charge < -0.3 is 5.32 Å². The number of sulfonamides is 1. The minimum atomic E-state index is -3.88. The number of carbonyl (C=O) groups is 1. The van der Waals surface area contributed by atoms with Gasteiger partial charge in [0.1, 0.15) is 6.04 Å². The zero-order chi connectivity index (χ0) is 21.7. The molecule has 0 unspecified atom stereocenters. The average molecular weight is 487 g/mol. The number of halogens is 1. The fraction of sp³-hybridized carbons (Fsp3) is 0.174. The van der Waals surface area contributed by atoms with Crippen molar-refractivity contribution in [3.63, 3.8) is 0 Å². The molecular formula is C23H23BrN2O3S. The van der Waals surface area contributed by atoms with Crippen LogP contribution in [0.1, 0.15) is 16.7 Å². The van der Waals surface area contributed by atoms with Gasteiger partial charge in [0.05, 0.1) is 4.90 Å². The number of hydrogen-bond acceptors (Lipinski definition) is 3. The first-order chi connectivity index (χ1) is 14.3. The minimum Gasteiger partial charge on any atom is -0.324 e. The fourth-order valence-electron chi connectivity index (χ4n) is 3.01. The number of carbonyl (C=O) groups excluding carboxylic acids is 1. The summed E-state index contributed by atoms with van der Waals surface area (Å²) < 4.78 is 29.2. The summed E-state index contributed by atoms with van der Waals surface area (Å²) >= 11 is 3.30. The molecule has 1 amide bonds. The lowest BCUT2D eigenvalue weighted by molar-refractivity contribution is -0.117. The SMILES string of the molecule is Cc1cccc(NC(=O)[C@@H](Cc2ccccc2)NS(=O)(=O)c2ccc(Br)cc2)c1C. The monoisotopic (exact) mass is 486 g/mol. The largest absolute Gasteiger partial charge is 0.324 e. The summed E-state index contributed by atoms with van der Waals surface area (Å²) in [7, 11) is -3.88. The van der Waals surface area contributed by atoms with Crippen LogP contribution in [0, 0.1) is 13.8 Å². The second-order valence-corrected chi connectivity index (χ2v) is 9.68. The van der Waals surface area contributed by atoms with Gasteiger partial charge in [0.25, 0.3) is 0 Å². The Labute approximate surface area is 185 Å². The Morgan fingerprint density at radius 2 is 1.60 bits per heavy atom. The molecule has 0 saturated carbocycles.